The molecule has 2 aromatic carbocycles. The van der Waals surface area contributed by atoms with Gasteiger partial charge in [0, 0.05) is 12.2 Å². The lowest BCUT2D eigenvalue weighted by molar-refractivity contribution is -0.119. The molecule has 0 saturated carbocycles. The fraction of sp³-hybridized carbons (Fsp3) is 0.235. The molecule has 2 N–H and O–H groups in total. The van der Waals surface area contributed by atoms with E-state index in [1.165, 1.54) is 12.1 Å². The molecule has 0 aliphatic carbocycles. The molecule has 0 unspecified atom stereocenters. The Morgan fingerprint density at radius 2 is 1.79 bits per heavy atom. The van der Waals surface area contributed by atoms with Crippen LogP contribution >= 0.6 is 0 Å². The fourth-order valence-corrected chi connectivity index (χ4v) is 3.62. The van der Waals surface area contributed by atoms with Gasteiger partial charge in [0.25, 0.3) is 0 Å². The Morgan fingerprint density at radius 3 is 2.46 bits per heavy atom. The molecule has 2 aromatic rings. The van der Waals surface area contributed by atoms with Crippen molar-refractivity contribution >= 4 is 21.6 Å². The van der Waals surface area contributed by atoms with Gasteiger partial charge in [-0.3, -0.25) is 4.79 Å². The van der Waals surface area contributed by atoms with Crippen molar-refractivity contribution in [2.75, 3.05) is 5.32 Å². The predicted molar refractivity (Wildman–Crippen MR) is 88.5 cm³/mol. The summed E-state index contributed by atoms with van der Waals surface area (Å²) in [7, 11) is -3.73. The van der Waals surface area contributed by atoms with Crippen molar-refractivity contribution in [2.45, 2.75) is 30.7 Å². The van der Waals surface area contributed by atoms with E-state index in [0.29, 0.717) is 0 Å². The van der Waals surface area contributed by atoms with E-state index >= 15 is 0 Å². The monoisotopic (exact) mass is 348 g/mol. The summed E-state index contributed by atoms with van der Waals surface area (Å²) in [6.07, 6.45) is 0. The first-order chi connectivity index (χ1) is 11.2. The molecule has 126 valence electrons. The molecule has 1 amide bonds. The number of benzene rings is 2. The zero-order valence-electron chi connectivity index (χ0n) is 13.3. The van der Waals surface area contributed by atoms with Crippen molar-refractivity contribution in [3.05, 3.63) is 59.4 Å². The van der Waals surface area contributed by atoms with E-state index < -0.39 is 21.3 Å². The molecule has 1 aliphatic heterocycles. The Hall–Kier alpha value is -2.25. The van der Waals surface area contributed by atoms with Crippen LogP contribution in [0.3, 0.4) is 0 Å². The van der Waals surface area contributed by atoms with E-state index in [0.717, 1.165) is 28.9 Å². The minimum atomic E-state index is -3.73. The van der Waals surface area contributed by atoms with Crippen LogP contribution in [0.5, 0.6) is 0 Å². The Bertz CT molecular complexity index is 906. The lowest BCUT2D eigenvalue weighted by Gasteiger charge is -2.16. The van der Waals surface area contributed by atoms with Gasteiger partial charge >= 0.3 is 0 Å². The smallest absolute Gasteiger partial charge is 0.240 e. The first kappa shape index (κ1) is 16.6. The molecule has 3 rings (SSSR count). The summed E-state index contributed by atoms with van der Waals surface area (Å²) in [5.41, 5.74) is 1.67. The third kappa shape index (κ3) is 2.92. The normalized spacial score (nSPS) is 15.9. The summed E-state index contributed by atoms with van der Waals surface area (Å²) in [5, 5.41) is 2.81. The summed E-state index contributed by atoms with van der Waals surface area (Å²) in [5.74, 6) is -0.575. The van der Waals surface area contributed by atoms with Crippen molar-refractivity contribution in [3.63, 3.8) is 0 Å². The van der Waals surface area contributed by atoms with Gasteiger partial charge in [0.1, 0.15) is 5.82 Å². The maximum atomic E-state index is 12.9. The van der Waals surface area contributed by atoms with Gasteiger partial charge < -0.3 is 5.32 Å². The molecule has 0 fully saturated rings. The van der Waals surface area contributed by atoms with Crippen molar-refractivity contribution in [1.82, 2.24) is 4.72 Å². The Balaban J connectivity index is 1.80. The van der Waals surface area contributed by atoms with Crippen LogP contribution in [0.4, 0.5) is 10.1 Å². The van der Waals surface area contributed by atoms with Crippen LogP contribution in [-0.2, 0) is 26.8 Å². The Labute approximate surface area is 139 Å². The van der Waals surface area contributed by atoms with Crippen LogP contribution in [0.25, 0.3) is 0 Å². The third-order valence-corrected chi connectivity index (χ3v) is 5.58. The number of halogens is 1. The predicted octanol–water partition coefficient (Wildman–Crippen LogP) is 2.53. The first-order valence-corrected chi connectivity index (χ1v) is 8.88. The number of fused-ring (bicyclic) bond motifs is 1. The molecule has 1 aliphatic rings. The molecule has 0 saturated heterocycles. The average Bonchev–Trinajstić information content (AvgIpc) is 2.76. The highest BCUT2D eigenvalue weighted by Gasteiger charge is 2.38. The number of carbonyl (C=O) groups excluding carboxylic acids is 1. The Morgan fingerprint density at radius 1 is 1.12 bits per heavy atom. The van der Waals surface area contributed by atoms with E-state index in [4.69, 9.17) is 0 Å². The molecule has 0 spiro atoms. The van der Waals surface area contributed by atoms with Gasteiger partial charge in [-0.15, -0.1) is 0 Å². The quantitative estimate of drug-likeness (QED) is 0.892. The second kappa shape index (κ2) is 5.68. The molecule has 5 nitrogen and oxygen atoms in total. The highest BCUT2D eigenvalue weighted by atomic mass is 32.2. The van der Waals surface area contributed by atoms with Gasteiger partial charge in [-0.2, -0.15) is 0 Å². The highest BCUT2D eigenvalue weighted by molar-refractivity contribution is 7.89. The molecule has 0 bridgehead atoms. The number of nitrogens with one attached hydrogen (secondary N) is 2. The number of hydrogen-bond acceptors (Lipinski definition) is 3. The van der Waals surface area contributed by atoms with Crippen molar-refractivity contribution < 1.29 is 17.6 Å². The summed E-state index contributed by atoms with van der Waals surface area (Å²) in [6.45, 7) is 3.72. The number of hydrogen-bond donors (Lipinski definition) is 2. The van der Waals surface area contributed by atoms with Crippen molar-refractivity contribution in [3.8, 4) is 0 Å². The Kier molecular flexibility index (Phi) is 3.93. The second-order valence-electron chi connectivity index (χ2n) is 6.24. The summed E-state index contributed by atoms with van der Waals surface area (Å²) in [6, 6.07) is 9.98. The molecule has 7 heteroatoms. The maximum absolute atomic E-state index is 12.9. The first-order valence-electron chi connectivity index (χ1n) is 7.40. The SMILES string of the molecule is CC1(C)C(=O)Nc2ccc(CNS(=O)(=O)c3ccc(F)cc3)cc21. The van der Waals surface area contributed by atoms with E-state index in [1.54, 1.807) is 12.1 Å². The number of rotatable bonds is 4. The molecule has 1 heterocycles. The fourth-order valence-electron chi connectivity index (χ4n) is 2.60. The van der Waals surface area contributed by atoms with E-state index in [1.807, 2.05) is 19.9 Å². The van der Waals surface area contributed by atoms with Crippen LogP contribution in [0.2, 0.25) is 0 Å². The molecular weight excluding hydrogens is 331 g/mol. The summed E-state index contributed by atoms with van der Waals surface area (Å²) < 4.78 is 39.9. The topological polar surface area (TPSA) is 75.3 Å². The number of sulfonamides is 1. The van der Waals surface area contributed by atoms with E-state index in [9.17, 15) is 17.6 Å². The zero-order valence-corrected chi connectivity index (χ0v) is 14.1. The van der Waals surface area contributed by atoms with Crippen molar-refractivity contribution in [1.29, 1.82) is 0 Å². The van der Waals surface area contributed by atoms with Crippen LogP contribution in [0, 0.1) is 5.82 Å². The highest BCUT2D eigenvalue weighted by Crippen LogP contribution is 2.37. The van der Waals surface area contributed by atoms with Gasteiger partial charge in [0.15, 0.2) is 0 Å². The van der Waals surface area contributed by atoms with Gasteiger partial charge in [-0.1, -0.05) is 12.1 Å². The number of anilines is 1. The van der Waals surface area contributed by atoms with E-state index in [-0.39, 0.29) is 17.3 Å². The number of carbonyl (C=O) groups is 1. The standard InChI is InChI=1S/C17H17FN2O3S/c1-17(2)14-9-11(3-8-15(14)20-16(17)21)10-19-24(22,23)13-6-4-12(18)5-7-13/h3-9,19H,10H2,1-2H3,(H,20,21). The second-order valence-corrected chi connectivity index (χ2v) is 8.00. The van der Waals surface area contributed by atoms with Crippen molar-refractivity contribution in [2.24, 2.45) is 0 Å². The largest absolute Gasteiger partial charge is 0.325 e. The van der Waals surface area contributed by atoms with Gasteiger partial charge in [-0.25, -0.2) is 17.5 Å². The molecule has 0 atom stereocenters. The minimum Gasteiger partial charge on any atom is -0.325 e. The molecule has 0 radical (unpaired) electrons. The maximum Gasteiger partial charge on any atom is 0.240 e. The lowest BCUT2D eigenvalue weighted by Crippen LogP contribution is -2.27. The summed E-state index contributed by atoms with van der Waals surface area (Å²) >= 11 is 0. The van der Waals surface area contributed by atoms with Gasteiger partial charge in [-0.05, 0) is 55.3 Å². The molecule has 24 heavy (non-hydrogen) atoms. The average molecular weight is 348 g/mol. The third-order valence-electron chi connectivity index (χ3n) is 4.16. The van der Waals surface area contributed by atoms with Crippen LogP contribution in [-0.4, -0.2) is 14.3 Å². The van der Waals surface area contributed by atoms with Crippen LogP contribution in [0.15, 0.2) is 47.4 Å². The minimum absolute atomic E-state index is 0.00207. The zero-order chi connectivity index (χ0) is 17.5. The molecule has 0 aromatic heterocycles. The molecular formula is C17H17FN2O3S. The lowest BCUT2D eigenvalue weighted by atomic mass is 9.85. The van der Waals surface area contributed by atoms with Gasteiger partial charge in [0.2, 0.25) is 15.9 Å². The summed E-state index contributed by atoms with van der Waals surface area (Å²) in [4.78, 5) is 11.9. The van der Waals surface area contributed by atoms with Gasteiger partial charge in [0.05, 0.1) is 10.3 Å². The number of amides is 1. The van der Waals surface area contributed by atoms with Crippen LogP contribution in [0.1, 0.15) is 25.0 Å². The van der Waals surface area contributed by atoms with Crippen LogP contribution < -0.4 is 10.0 Å². The van der Waals surface area contributed by atoms with E-state index in [2.05, 4.69) is 10.0 Å².